The maximum absolute atomic E-state index is 12.0. The average Bonchev–Trinajstić information content (AvgIpc) is 2.98. The van der Waals surface area contributed by atoms with E-state index in [1.54, 1.807) is 24.7 Å². The van der Waals surface area contributed by atoms with Gasteiger partial charge in [0.25, 0.3) is 5.91 Å². The van der Waals surface area contributed by atoms with Crippen molar-refractivity contribution in [2.24, 2.45) is 5.92 Å². The summed E-state index contributed by atoms with van der Waals surface area (Å²) >= 11 is 0. The lowest BCUT2D eigenvalue weighted by Crippen LogP contribution is -2.34. The van der Waals surface area contributed by atoms with Gasteiger partial charge in [0.05, 0.1) is 12.4 Å². The van der Waals surface area contributed by atoms with Crippen LogP contribution in [0.2, 0.25) is 0 Å². The van der Waals surface area contributed by atoms with Crippen molar-refractivity contribution in [3.63, 3.8) is 0 Å². The van der Waals surface area contributed by atoms with Crippen molar-refractivity contribution in [2.75, 3.05) is 6.54 Å². The van der Waals surface area contributed by atoms with Gasteiger partial charge in [0, 0.05) is 31.0 Å². The van der Waals surface area contributed by atoms with Gasteiger partial charge in [-0.1, -0.05) is 26.0 Å². The number of aromatic nitrogens is 2. The molecule has 5 nitrogen and oxygen atoms in total. The summed E-state index contributed by atoms with van der Waals surface area (Å²) in [7, 11) is 0. The van der Waals surface area contributed by atoms with Crippen LogP contribution < -0.4 is 5.32 Å². The summed E-state index contributed by atoms with van der Waals surface area (Å²) < 4.78 is 1.97. The van der Waals surface area contributed by atoms with E-state index < -0.39 is 6.10 Å². The highest BCUT2D eigenvalue weighted by Crippen LogP contribution is 2.07. The van der Waals surface area contributed by atoms with Crippen molar-refractivity contribution >= 4 is 5.91 Å². The van der Waals surface area contributed by atoms with Gasteiger partial charge >= 0.3 is 0 Å². The Morgan fingerprint density at radius 3 is 2.62 bits per heavy atom. The lowest BCUT2D eigenvalue weighted by molar-refractivity contribution is 0.0871. The molecule has 112 valence electrons. The number of aliphatic hydroxyl groups excluding tert-OH is 1. The van der Waals surface area contributed by atoms with Crippen LogP contribution in [0.5, 0.6) is 0 Å². The van der Waals surface area contributed by atoms with Crippen molar-refractivity contribution < 1.29 is 9.90 Å². The molecule has 1 amide bonds. The second-order valence-corrected chi connectivity index (χ2v) is 5.45. The van der Waals surface area contributed by atoms with Crippen molar-refractivity contribution in [1.29, 1.82) is 0 Å². The van der Waals surface area contributed by atoms with Gasteiger partial charge in [0.1, 0.15) is 0 Å². The van der Waals surface area contributed by atoms with Gasteiger partial charge in [0.2, 0.25) is 0 Å². The number of carbonyl (C=O) groups is 1. The number of nitrogens with zero attached hydrogens (tertiary/aromatic N) is 2. The molecular weight excluding hydrogens is 266 g/mol. The van der Waals surface area contributed by atoms with Crippen LogP contribution in [0.3, 0.4) is 0 Å². The average molecular weight is 287 g/mol. The molecule has 1 aromatic carbocycles. The first-order valence-electron chi connectivity index (χ1n) is 7.07. The zero-order valence-electron chi connectivity index (χ0n) is 12.4. The highest BCUT2D eigenvalue weighted by molar-refractivity contribution is 5.94. The summed E-state index contributed by atoms with van der Waals surface area (Å²) in [5, 5.41) is 12.4. The van der Waals surface area contributed by atoms with Gasteiger partial charge in [-0.05, 0) is 23.6 Å². The monoisotopic (exact) mass is 287 g/mol. The molecule has 0 aliphatic heterocycles. The Kier molecular flexibility index (Phi) is 5.11. The van der Waals surface area contributed by atoms with Gasteiger partial charge in [-0.3, -0.25) is 4.79 Å². The van der Waals surface area contributed by atoms with E-state index in [2.05, 4.69) is 10.3 Å². The van der Waals surface area contributed by atoms with E-state index in [4.69, 9.17) is 0 Å². The third-order valence-electron chi connectivity index (χ3n) is 3.38. The van der Waals surface area contributed by atoms with Gasteiger partial charge in [-0.25, -0.2) is 4.98 Å². The molecule has 1 atom stereocenters. The fourth-order valence-corrected chi connectivity index (χ4v) is 1.89. The third-order valence-corrected chi connectivity index (χ3v) is 3.38. The number of hydrogen-bond donors (Lipinski definition) is 2. The zero-order chi connectivity index (χ0) is 15.2. The van der Waals surface area contributed by atoms with Crippen LogP contribution in [0.1, 0.15) is 29.8 Å². The van der Waals surface area contributed by atoms with Crippen LogP contribution in [-0.4, -0.2) is 33.2 Å². The van der Waals surface area contributed by atoms with Crippen LogP contribution >= 0.6 is 0 Å². The summed E-state index contributed by atoms with van der Waals surface area (Å²) in [6, 6.07) is 7.44. The van der Waals surface area contributed by atoms with Crippen LogP contribution in [0.25, 0.3) is 0 Å². The second-order valence-electron chi connectivity index (χ2n) is 5.45. The molecule has 0 bridgehead atoms. The van der Waals surface area contributed by atoms with E-state index in [-0.39, 0.29) is 18.4 Å². The summed E-state index contributed by atoms with van der Waals surface area (Å²) in [5.74, 6) is -0.0354. The minimum absolute atomic E-state index is 0.128. The van der Waals surface area contributed by atoms with Crippen LogP contribution in [0.15, 0.2) is 43.0 Å². The predicted molar refractivity (Wildman–Crippen MR) is 80.9 cm³/mol. The molecular formula is C16H21N3O2. The van der Waals surface area contributed by atoms with E-state index in [1.807, 2.05) is 36.7 Å². The van der Waals surface area contributed by atoms with Crippen molar-refractivity contribution in [3.8, 4) is 0 Å². The summed E-state index contributed by atoms with van der Waals surface area (Å²) in [4.78, 5) is 16.0. The number of imidazole rings is 1. The Labute approximate surface area is 124 Å². The first-order chi connectivity index (χ1) is 10.1. The first kappa shape index (κ1) is 15.3. The van der Waals surface area contributed by atoms with Crippen LogP contribution in [0.4, 0.5) is 0 Å². The molecule has 0 radical (unpaired) electrons. The minimum Gasteiger partial charge on any atom is -0.391 e. The molecule has 1 heterocycles. The Bertz CT molecular complexity index is 562. The molecule has 1 aromatic heterocycles. The largest absolute Gasteiger partial charge is 0.391 e. The number of carbonyl (C=O) groups excluding carboxylic acids is 1. The number of amides is 1. The van der Waals surface area contributed by atoms with Crippen LogP contribution in [0, 0.1) is 5.92 Å². The number of aliphatic hydroxyl groups is 1. The molecule has 21 heavy (non-hydrogen) atoms. The minimum atomic E-state index is -0.519. The Morgan fingerprint density at radius 1 is 1.33 bits per heavy atom. The first-order valence-corrected chi connectivity index (χ1v) is 7.07. The Morgan fingerprint density at radius 2 is 2.05 bits per heavy atom. The fourth-order valence-electron chi connectivity index (χ4n) is 1.89. The molecule has 0 aliphatic rings. The van der Waals surface area contributed by atoms with Gasteiger partial charge in [0.15, 0.2) is 0 Å². The van der Waals surface area contributed by atoms with Gasteiger partial charge < -0.3 is 15.0 Å². The molecule has 2 rings (SSSR count). The topological polar surface area (TPSA) is 67.2 Å². The zero-order valence-corrected chi connectivity index (χ0v) is 12.4. The number of nitrogens with one attached hydrogen (secondary N) is 1. The van der Waals surface area contributed by atoms with E-state index in [0.717, 1.165) is 12.1 Å². The van der Waals surface area contributed by atoms with Crippen molar-refractivity contribution in [1.82, 2.24) is 14.9 Å². The van der Waals surface area contributed by atoms with Crippen molar-refractivity contribution in [3.05, 3.63) is 54.1 Å². The normalized spacial score (nSPS) is 12.4. The molecule has 1 unspecified atom stereocenters. The standard InChI is InChI=1S/C16H21N3O2/c1-12(2)15(20)9-18-16(21)14-5-3-13(4-6-14)10-19-8-7-17-11-19/h3-8,11-12,15,20H,9-10H2,1-2H3,(H,18,21). The van der Waals surface area contributed by atoms with E-state index in [1.165, 1.54) is 0 Å². The lowest BCUT2D eigenvalue weighted by atomic mass is 10.1. The number of rotatable bonds is 6. The quantitative estimate of drug-likeness (QED) is 0.849. The Balaban J connectivity index is 1.90. The molecule has 0 saturated heterocycles. The molecule has 5 heteroatoms. The second kappa shape index (κ2) is 7.04. The Hall–Kier alpha value is -2.14. The van der Waals surface area contributed by atoms with E-state index in [9.17, 15) is 9.90 Å². The molecule has 0 saturated carbocycles. The van der Waals surface area contributed by atoms with E-state index >= 15 is 0 Å². The summed E-state index contributed by atoms with van der Waals surface area (Å²) in [6.45, 7) is 4.84. The van der Waals surface area contributed by atoms with Gasteiger partial charge in [-0.2, -0.15) is 0 Å². The lowest BCUT2D eigenvalue weighted by Gasteiger charge is -2.15. The third kappa shape index (κ3) is 4.43. The highest BCUT2D eigenvalue weighted by Gasteiger charge is 2.11. The number of benzene rings is 1. The molecule has 0 aliphatic carbocycles. The maximum Gasteiger partial charge on any atom is 0.251 e. The summed E-state index contributed by atoms with van der Waals surface area (Å²) in [5.41, 5.74) is 1.70. The molecule has 2 aromatic rings. The smallest absolute Gasteiger partial charge is 0.251 e. The highest BCUT2D eigenvalue weighted by atomic mass is 16.3. The molecule has 0 spiro atoms. The summed E-state index contributed by atoms with van der Waals surface area (Å²) in [6.07, 6.45) is 4.87. The van der Waals surface area contributed by atoms with Crippen LogP contribution in [-0.2, 0) is 6.54 Å². The van der Waals surface area contributed by atoms with Gasteiger partial charge in [-0.15, -0.1) is 0 Å². The van der Waals surface area contributed by atoms with Crippen molar-refractivity contribution in [2.45, 2.75) is 26.5 Å². The fraction of sp³-hybridized carbons (Fsp3) is 0.375. The molecule has 2 N–H and O–H groups in total. The molecule has 0 fully saturated rings. The maximum atomic E-state index is 12.0. The van der Waals surface area contributed by atoms with E-state index in [0.29, 0.717) is 5.56 Å². The predicted octanol–water partition coefficient (Wildman–Crippen LogP) is 1.68. The number of hydrogen-bond acceptors (Lipinski definition) is 3. The SMILES string of the molecule is CC(C)C(O)CNC(=O)c1ccc(Cn2ccnc2)cc1.